The van der Waals surface area contributed by atoms with Crippen molar-refractivity contribution in [3.05, 3.63) is 57.1 Å². The monoisotopic (exact) mass is 389 g/mol. The predicted molar refractivity (Wildman–Crippen MR) is 104 cm³/mol. The van der Waals surface area contributed by atoms with Crippen molar-refractivity contribution in [3.63, 3.8) is 0 Å². The van der Waals surface area contributed by atoms with Gasteiger partial charge in [0.15, 0.2) is 11.5 Å². The largest absolute Gasteiger partial charge is 0.493 e. The maximum Gasteiger partial charge on any atom is 0.161 e. The number of benzene rings is 2. The number of fused-ring (bicyclic) bond motifs is 3. The van der Waals surface area contributed by atoms with Crippen LogP contribution in [0.1, 0.15) is 16.7 Å². The summed E-state index contributed by atoms with van der Waals surface area (Å²) in [5.74, 6) is 2.33. The van der Waals surface area contributed by atoms with Crippen LogP contribution in [0.3, 0.4) is 0 Å². The van der Waals surface area contributed by atoms with Crippen LogP contribution in [0.15, 0.2) is 30.3 Å². The first-order valence-electron chi connectivity index (χ1n) is 8.11. The van der Waals surface area contributed by atoms with E-state index in [-0.39, 0.29) is 0 Å². The van der Waals surface area contributed by atoms with Crippen LogP contribution in [0.4, 0.5) is 5.82 Å². The standard InChI is InChI=1S/C19H17Cl2N3O2/c1-25-16-7-11-6-13-18(12(11)8-17(16)26-2)23-24-19(13)22-9-10-3-4-14(20)15(21)5-10/h3-5,7-8H,6,9H2,1-2H3,(H2,22,23,24). The van der Waals surface area contributed by atoms with Crippen LogP contribution in [0.25, 0.3) is 11.3 Å². The Morgan fingerprint density at radius 1 is 1.08 bits per heavy atom. The van der Waals surface area contributed by atoms with Crippen molar-refractivity contribution in [1.29, 1.82) is 0 Å². The molecule has 1 aliphatic rings. The molecule has 134 valence electrons. The lowest BCUT2D eigenvalue weighted by atomic mass is 10.1. The summed E-state index contributed by atoms with van der Waals surface area (Å²) in [4.78, 5) is 0. The third kappa shape index (κ3) is 2.87. The molecule has 0 saturated heterocycles. The van der Waals surface area contributed by atoms with Crippen molar-refractivity contribution in [3.8, 4) is 22.8 Å². The highest BCUT2D eigenvalue weighted by Crippen LogP contribution is 2.43. The summed E-state index contributed by atoms with van der Waals surface area (Å²) in [5, 5.41) is 12.1. The van der Waals surface area contributed by atoms with Crippen molar-refractivity contribution >= 4 is 29.0 Å². The van der Waals surface area contributed by atoms with Gasteiger partial charge in [0.25, 0.3) is 0 Å². The average Bonchev–Trinajstić information content (AvgIpc) is 3.20. The zero-order chi connectivity index (χ0) is 18.3. The molecule has 5 nitrogen and oxygen atoms in total. The fraction of sp³-hybridized carbons (Fsp3) is 0.211. The van der Waals surface area contributed by atoms with Crippen LogP contribution < -0.4 is 14.8 Å². The van der Waals surface area contributed by atoms with Crippen molar-refractivity contribution in [2.45, 2.75) is 13.0 Å². The molecule has 0 fully saturated rings. The molecule has 0 bridgehead atoms. The Labute approximate surface area is 161 Å². The number of hydrogen-bond donors (Lipinski definition) is 2. The van der Waals surface area contributed by atoms with Gasteiger partial charge in [0.1, 0.15) is 5.82 Å². The number of aromatic amines is 1. The number of anilines is 1. The number of aromatic nitrogens is 2. The van der Waals surface area contributed by atoms with Gasteiger partial charge in [-0.3, -0.25) is 5.10 Å². The minimum absolute atomic E-state index is 0.549. The van der Waals surface area contributed by atoms with E-state index in [0.29, 0.717) is 22.3 Å². The Morgan fingerprint density at radius 3 is 2.58 bits per heavy atom. The summed E-state index contributed by atoms with van der Waals surface area (Å²) >= 11 is 12.1. The summed E-state index contributed by atoms with van der Waals surface area (Å²) < 4.78 is 10.8. The summed E-state index contributed by atoms with van der Waals surface area (Å²) in [6.07, 6.45) is 0.783. The lowest BCUT2D eigenvalue weighted by molar-refractivity contribution is 0.355. The van der Waals surface area contributed by atoms with Gasteiger partial charge in [-0.1, -0.05) is 29.3 Å². The van der Waals surface area contributed by atoms with Gasteiger partial charge < -0.3 is 14.8 Å². The lowest BCUT2D eigenvalue weighted by Gasteiger charge is -2.10. The molecule has 26 heavy (non-hydrogen) atoms. The minimum Gasteiger partial charge on any atom is -0.493 e. The quantitative estimate of drug-likeness (QED) is 0.508. The molecule has 0 radical (unpaired) electrons. The predicted octanol–water partition coefficient (Wildman–Crippen LogP) is 4.92. The minimum atomic E-state index is 0.549. The molecule has 0 saturated carbocycles. The van der Waals surface area contributed by atoms with Crippen LogP contribution in [-0.4, -0.2) is 24.4 Å². The van der Waals surface area contributed by atoms with E-state index in [1.807, 2.05) is 24.3 Å². The molecule has 7 heteroatoms. The first-order valence-corrected chi connectivity index (χ1v) is 8.86. The summed E-state index contributed by atoms with van der Waals surface area (Å²) in [6, 6.07) is 9.59. The second-order valence-corrected chi connectivity index (χ2v) is 6.88. The summed E-state index contributed by atoms with van der Waals surface area (Å²) in [6.45, 7) is 0.620. The molecule has 3 aromatic rings. The molecular weight excluding hydrogens is 373 g/mol. The van der Waals surface area contributed by atoms with E-state index in [9.17, 15) is 0 Å². The molecule has 4 rings (SSSR count). The van der Waals surface area contributed by atoms with Crippen molar-refractivity contribution < 1.29 is 9.47 Å². The van der Waals surface area contributed by atoms with E-state index in [2.05, 4.69) is 15.5 Å². The highest BCUT2D eigenvalue weighted by Gasteiger charge is 2.26. The van der Waals surface area contributed by atoms with Gasteiger partial charge in [0, 0.05) is 24.1 Å². The van der Waals surface area contributed by atoms with E-state index in [1.165, 1.54) is 5.56 Å². The molecule has 0 aliphatic heterocycles. The molecule has 1 aliphatic carbocycles. The molecule has 0 unspecified atom stereocenters. The van der Waals surface area contributed by atoms with Crippen molar-refractivity contribution in [1.82, 2.24) is 10.2 Å². The molecule has 2 N–H and O–H groups in total. The van der Waals surface area contributed by atoms with E-state index in [1.54, 1.807) is 20.3 Å². The Morgan fingerprint density at radius 2 is 1.85 bits per heavy atom. The smallest absolute Gasteiger partial charge is 0.161 e. The lowest BCUT2D eigenvalue weighted by Crippen LogP contribution is -2.02. The molecular formula is C19H17Cl2N3O2. The fourth-order valence-corrected chi connectivity index (χ4v) is 3.55. The number of ether oxygens (including phenoxy) is 2. The zero-order valence-corrected chi connectivity index (χ0v) is 15.8. The summed E-state index contributed by atoms with van der Waals surface area (Å²) in [7, 11) is 3.28. The van der Waals surface area contributed by atoms with E-state index < -0.39 is 0 Å². The topological polar surface area (TPSA) is 59.2 Å². The van der Waals surface area contributed by atoms with Crippen LogP contribution >= 0.6 is 23.2 Å². The Balaban J connectivity index is 1.59. The van der Waals surface area contributed by atoms with Gasteiger partial charge in [0.05, 0.1) is 30.0 Å². The highest BCUT2D eigenvalue weighted by molar-refractivity contribution is 6.42. The van der Waals surface area contributed by atoms with Gasteiger partial charge >= 0.3 is 0 Å². The fourth-order valence-electron chi connectivity index (χ4n) is 3.22. The third-order valence-corrected chi connectivity index (χ3v) is 5.29. The second-order valence-electron chi connectivity index (χ2n) is 6.07. The molecule has 0 amide bonds. The maximum absolute atomic E-state index is 6.08. The van der Waals surface area contributed by atoms with Gasteiger partial charge in [-0.25, -0.2) is 0 Å². The van der Waals surface area contributed by atoms with Crippen LogP contribution in [0.2, 0.25) is 10.0 Å². The zero-order valence-electron chi connectivity index (χ0n) is 14.3. The van der Waals surface area contributed by atoms with Gasteiger partial charge in [0.2, 0.25) is 0 Å². The van der Waals surface area contributed by atoms with Crippen LogP contribution in [0.5, 0.6) is 11.5 Å². The Kier molecular flexibility index (Phi) is 4.42. The Hall–Kier alpha value is -2.37. The number of methoxy groups -OCH3 is 2. The van der Waals surface area contributed by atoms with E-state index in [0.717, 1.165) is 40.4 Å². The number of nitrogens with zero attached hydrogens (tertiary/aromatic N) is 1. The van der Waals surface area contributed by atoms with Crippen molar-refractivity contribution in [2.75, 3.05) is 19.5 Å². The number of nitrogens with one attached hydrogen (secondary N) is 2. The molecule has 1 heterocycles. The van der Waals surface area contributed by atoms with Crippen molar-refractivity contribution in [2.24, 2.45) is 0 Å². The second kappa shape index (κ2) is 6.74. The first-order chi connectivity index (χ1) is 12.6. The van der Waals surface area contributed by atoms with Crippen LogP contribution in [0, 0.1) is 0 Å². The number of halogens is 2. The first kappa shape index (κ1) is 17.1. The van der Waals surface area contributed by atoms with Gasteiger partial charge in [-0.05, 0) is 35.4 Å². The Bertz CT molecular complexity index is 985. The molecule has 2 aromatic carbocycles. The summed E-state index contributed by atoms with van der Waals surface area (Å²) in [5.41, 5.74) is 5.36. The number of H-pyrrole nitrogens is 1. The molecule has 0 spiro atoms. The van der Waals surface area contributed by atoms with Gasteiger partial charge in [-0.2, -0.15) is 5.10 Å². The van der Waals surface area contributed by atoms with Crippen LogP contribution in [-0.2, 0) is 13.0 Å². The molecule has 0 atom stereocenters. The highest BCUT2D eigenvalue weighted by atomic mass is 35.5. The van der Waals surface area contributed by atoms with E-state index in [4.69, 9.17) is 32.7 Å². The number of rotatable bonds is 5. The number of hydrogen-bond acceptors (Lipinski definition) is 4. The third-order valence-electron chi connectivity index (χ3n) is 4.55. The normalized spacial score (nSPS) is 11.8. The average molecular weight is 390 g/mol. The molecule has 1 aromatic heterocycles. The maximum atomic E-state index is 6.08. The van der Waals surface area contributed by atoms with Gasteiger partial charge in [-0.15, -0.1) is 0 Å². The SMILES string of the molecule is COc1cc2c(cc1OC)-c1n[nH]c(NCc3ccc(Cl)c(Cl)c3)c1C2. The van der Waals surface area contributed by atoms with E-state index >= 15 is 0 Å².